The second kappa shape index (κ2) is 6.51. The van der Waals surface area contributed by atoms with Gasteiger partial charge < -0.3 is 10.1 Å². The molecule has 2 fully saturated rings. The van der Waals surface area contributed by atoms with Crippen molar-refractivity contribution >= 4 is 0 Å². The monoisotopic (exact) mass is 260 g/mol. The molecular weight excluding hydrogens is 236 g/mol. The lowest BCUT2D eigenvalue weighted by Gasteiger charge is -2.35. The van der Waals surface area contributed by atoms with Gasteiger partial charge in [0.2, 0.25) is 0 Å². The SMILES string of the molecule is c1ccc(C2CN(C3CCOCC3)CCCN2)cc1. The lowest BCUT2D eigenvalue weighted by Crippen LogP contribution is -2.42. The molecule has 0 aromatic heterocycles. The van der Waals surface area contributed by atoms with E-state index in [1.54, 1.807) is 0 Å². The molecule has 0 spiro atoms. The van der Waals surface area contributed by atoms with Crippen molar-refractivity contribution in [3.05, 3.63) is 35.9 Å². The smallest absolute Gasteiger partial charge is 0.0480 e. The van der Waals surface area contributed by atoms with Gasteiger partial charge in [-0.15, -0.1) is 0 Å². The Morgan fingerprint density at radius 2 is 1.89 bits per heavy atom. The van der Waals surface area contributed by atoms with Crippen LogP contribution in [0.15, 0.2) is 30.3 Å². The zero-order valence-corrected chi connectivity index (χ0v) is 11.6. The molecule has 2 saturated heterocycles. The van der Waals surface area contributed by atoms with Crippen LogP contribution in [0.2, 0.25) is 0 Å². The summed E-state index contributed by atoms with van der Waals surface area (Å²) >= 11 is 0. The van der Waals surface area contributed by atoms with Gasteiger partial charge >= 0.3 is 0 Å². The van der Waals surface area contributed by atoms with Crippen molar-refractivity contribution in [2.24, 2.45) is 0 Å². The van der Waals surface area contributed by atoms with Crippen LogP contribution in [0.25, 0.3) is 0 Å². The Morgan fingerprint density at radius 1 is 1.11 bits per heavy atom. The summed E-state index contributed by atoms with van der Waals surface area (Å²) in [4.78, 5) is 2.68. The van der Waals surface area contributed by atoms with Gasteiger partial charge in [-0.1, -0.05) is 30.3 Å². The number of hydrogen-bond acceptors (Lipinski definition) is 3. The van der Waals surface area contributed by atoms with E-state index < -0.39 is 0 Å². The number of nitrogens with zero attached hydrogens (tertiary/aromatic N) is 1. The molecule has 3 heteroatoms. The predicted octanol–water partition coefficient (Wildman–Crippen LogP) is 2.20. The molecule has 1 N–H and O–H groups in total. The third-order valence-corrected chi connectivity index (χ3v) is 4.34. The Hall–Kier alpha value is -0.900. The molecule has 1 unspecified atom stereocenters. The highest BCUT2D eigenvalue weighted by Crippen LogP contribution is 2.22. The Morgan fingerprint density at radius 3 is 2.68 bits per heavy atom. The molecule has 3 rings (SSSR count). The van der Waals surface area contributed by atoms with E-state index in [0.29, 0.717) is 6.04 Å². The van der Waals surface area contributed by atoms with E-state index in [0.717, 1.165) is 32.3 Å². The molecule has 3 nitrogen and oxygen atoms in total. The highest BCUT2D eigenvalue weighted by Gasteiger charge is 2.26. The van der Waals surface area contributed by atoms with E-state index in [4.69, 9.17) is 4.74 Å². The molecule has 104 valence electrons. The van der Waals surface area contributed by atoms with Crippen molar-refractivity contribution < 1.29 is 4.74 Å². The first kappa shape index (κ1) is 13.1. The van der Waals surface area contributed by atoms with Crippen LogP contribution in [0.3, 0.4) is 0 Å². The van der Waals surface area contributed by atoms with Crippen LogP contribution in [-0.2, 0) is 4.74 Å². The summed E-state index contributed by atoms with van der Waals surface area (Å²) in [6.07, 6.45) is 3.64. The van der Waals surface area contributed by atoms with Crippen molar-refractivity contribution in [3.63, 3.8) is 0 Å². The molecule has 1 aromatic carbocycles. The second-order valence-electron chi connectivity index (χ2n) is 5.61. The van der Waals surface area contributed by atoms with Gasteiger partial charge in [0.1, 0.15) is 0 Å². The normalized spacial score (nSPS) is 27.1. The second-order valence-corrected chi connectivity index (χ2v) is 5.61. The van der Waals surface area contributed by atoms with E-state index in [-0.39, 0.29) is 0 Å². The van der Waals surface area contributed by atoms with E-state index in [9.17, 15) is 0 Å². The molecule has 1 atom stereocenters. The quantitative estimate of drug-likeness (QED) is 0.882. The summed E-state index contributed by atoms with van der Waals surface area (Å²) < 4.78 is 5.49. The van der Waals surface area contributed by atoms with Crippen LogP contribution in [-0.4, -0.2) is 43.8 Å². The Kier molecular flexibility index (Phi) is 4.49. The predicted molar refractivity (Wildman–Crippen MR) is 77.2 cm³/mol. The number of nitrogens with one attached hydrogen (secondary N) is 1. The maximum Gasteiger partial charge on any atom is 0.0480 e. The number of rotatable bonds is 2. The molecule has 0 radical (unpaired) electrons. The topological polar surface area (TPSA) is 24.5 Å². The minimum atomic E-state index is 0.478. The van der Waals surface area contributed by atoms with Crippen LogP contribution in [0.4, 0.5) is 0 Å². The number of benzene rings is 1. The van der Waals surface area contributed by atoms with Crippen molar-refractivity contribution in [1.29, 1.82) is 0 Å². The zero-order valence-electron chi connectivity index (χ0n) is 11.6. The third-order valence-electron chi connectivity index (χ3n) is 4.34. The lowest BCUT2D eigenvalue weighted by molar-refractivity contribution is 0.0334. The molecule has 2 aliphatic heterocycles. The fourth-order valence-corrected chi connectivity index (χ4v) is 3.24. The molecule has 2 heterocycles. The minimum absolute atomic E-state index is 0.478. The first-order valence-corrected chi connectivity index (χ1v) is 7.53. The van der Waals surface area contributed by atoms with Crippen molar-refractivity contribution in [2.75, 3.05) is 32.8 Å². The molecule has 2 aliphatic rings. The van der Waals surface area contributed by atoms with E-state index in [2.05, 4.69) is 40.5 Å². The molecule has 19 heavy (non-hydrogen) atoms. The molecule has 0 saturated carbocycles. The summed E-state index contributed by atoms with van der Waals surface area (Å²) in [6, 6.07) is 12.1. The van der Waals surface area contributed by atoms with Gasteiger partial charge in [0, 0.05) is 31.8 Å². The zero-order chi connectivity index (χ0) is 12.9. The van der Waals surface area contributed by atoms with Gasteiger partial charge in [-0.2, -0.15) is 0 Å². The summed E-state index contributed by atoms with van der Waals surface area (Å²) in [5.74, 6) is 0. The van der Waals surface area contributed by atoms with Crippen molar-refractivity contribution in [1.82, 2.24) is 10.2 Å². The van der Waals surface area contributed by atoms with Gasteiger partial charge in [-0.3, -0.25) is 4.90 Å². The van der Waals surface area contributed by atoms with Crippen molar-refractivity contribution in [3.8, 4) is 0 Å². The third kappa shape index (κ3) is 3.35. The van der Waals surface area contributed by atoms with E-state index in [1.807, 2.05) is 0 Å². The molecule has 1 aromatic rings. The summed E-state index contributed by atoms with van der Waals surface area (Å²) in [7, 11) is 0. The average Bonchev–Trinajstić information content (AvgIpc) is 2.75. The summed E-state index contributed by atoms with van der Waals surface area (Å²) in [5, 5.41) is 3.69. The lowest BCUT2D eigenvalue weighted by atomic mass is 10.0. The van der Waals surface area contributed by atoms with Crippen LogP contribution < -0.4 is 5.32 Å². The summed E-state index contributed by atoms with van der Waals surface area (Å²) in [5.41, 5.74) is 1.42. The molecule has 0 bridgehead atoms. The Bertz CT molecular complexity index is 376. The highest BCUT2D eigenvalue weighted by molar-refractivity contribution is 5.19. The fourth-order valence-electron chi connectivity index (χ4n) is 3.24. The van der Waals surface area contributed by atoms with Gasteiger partial charge in [0.05, 0.1) is 0 Å². The van der Waals surface area contributed by atoms with Crippen LogP contribution in [0.5, 0.6) is 0 Å². The fraction of sp³-hybridized carbons (Fsp3) is 0.625. The maximum atomic E-state index is 5.49. The molecular formula is C16H24N2O. The average molecular weight is 260 g/mol. The minimum Gasteiger partial charge on any atom is -0.381 e. The van der Waals surface area contributed by atoms with Gasteiger partial charge in [-0.25, -0.2) is 0 Å². The highest BCUT2D eigenvalue weighted by atomic mass is 16.5. The van der Waals surface area contributed by atoms with E-state index in [1.165, 1.54) is 31.4 Å². The Labute approximate surface area is 115 Å². The van der Waals surface area contributed by atoms with Crippen LogP contribution in [0.1, 0.15) is 30.9 Å². The molecule has 0 amide bonds. The number of hydrogen-bond donors (Lipinski definition) is 1. The van der Waals surface area contributed by atoms with Crippen LogP contribution in [0, 0.1) is 0 Å². The summed E-state index contributed by atoms with van der Waals surface area (Å²) in [6.45, 7) is 5.35. The largest absolute Gasteiger partial charge is 0.381 e. The standard InChI is InChI=1S/C16H24N2O/c1-2-5-14(6-3-1)16-13-18(10-4-9-17-16)15-7-11-19-12-8-15/h1-3,5-6,15-17H,4,7-13H2. The van der Waals surface area contributed by atoms with Crippen molar-refractivity contribution in [2.45, 2.75) is 31.3 Å². The first-order valence-electron chi connectivity index (χ1n) is 7.53. The van der Waals surface area contributed by atoms with Gasteiger partial charge in [0.15, 0.2) is 0 Å². The van der Waals surface area contributed by atoms with E-state index >= 15 is 0 Å². The maximum absolute atomic E-state index is 5.49. The van der Waals surface area contributed by atoms with Gasteiger partial charge in [0.25, 0.3) is 0 Å². The van der Waals surface area contributed by atoms with Gasteiger partial charge in [-0.05, 0) is 37.9 Å². The number of ether oxygens (including phenoxy) is 1. The Balaban J connectivity index is 1.68. The first-order chi connectivity index (χ1) is 9.43. The molecule has 0 aliphatic carbocycles. The van der Waals surface area contributed by atoms with Crippen LogP contribution >= 0.6 is 0 Å².